The number of nitrogens with zero attached hydrogens (tertiary/aromatic N) is 3. The highest BCUT2D eigenvalue weighted by molar-refractivity contribution is 14.0. The average molecular weight is 559 g/mol. The van der Waals surface area contributed by atoms with Gasteiger partial charge in [0.15, 0.2) is 5.96 Å². The lowest BCUT2D eigenvalue weighted by Gasteiger charge is -2.26. The molecule has 0 saturated carbocycles. The molecule has 3 rings (SSSR count). The van der Waals surface area contributed by atoms with E-state index in [1.54, 1.807) is 0 Å². The fourth-order valence-electron chi connectivity index (χ4n) is 3.81. The summed E-state index contributed by atoms with van der Waals surface area (Å²) in [6, 6.07) is 8.10. The van der Waals surface area contributed by atoms with Crippen LogP contribution in [0.15, 0.2) is 29.3 Å². The number of hydrogen-bond donors (Lipinski definition) is 2. The van der Waals surface area contributed by atoms with E-state index >= 15 is 0 Å². The van der Waals surface area contributed by atoms with Gasteiger partial charge in [-0.3, -0.25) is 9.69 Å². The number of hydrogen-bond acceptors (Lipinski definition) is 5. The van der Waals surface area contributed by atoms with Crippen molar-refractivity contribution in [3.8, 4) is 5.75 Å². The van der Waals surface area contributed by atoms with Crippen molar-refractivity contribution in [1.82, 2.24) is 20.4 Å². The molecule has 2 fully saturated rings. The molecule has 0 aliphatic carbocycles. The van der Waals surface area contributed by atoms with Gasteiger partial charge in [0.25, 0.3) is 0 Å². The van der Waals surface area contributed by atoms with Crippen LogP contribution in [0.25, 0.3) is 0 Å². The number of guanidine groups is 1. The Morgan fingerprint density at radius 1 is 1.16 bits per heavy atom. The van der Waals surface area contributed by atoms with Gasteiger partial charge in [0, 0.05) is 57.8 Å². The Hall–Kier alpha value is -1.59. The Kier molecular flexibility index (Phi) is 12.7. The maximum Gasteiger partial charge on any atom is 0.222 e. The number of carbonyl (C=O) groups excluding carboxylic acids is 1. The Morgan fingerprint density at radius 2 is 1.97 bits per heavy atom. The molecule has 2 aliphatic heterocycles. The first-order valence-electron chi connectivity index (χ1n) is 11.6. The van der Waals surface area contributed by atoms with Crippen LogP contribution in [0.3, 0.4) is 0 Å². The summed E-state index contributed by atoms with van der Waals surface area (Å²) in [5, 5.41) is 6.67. The van der Waals surface area contributed by atoms with Crippen LogP contribution in [0, 0.1) is 0 Å². The number of likely N-dealkylation sites (tertiary alicyclic amines) is 1. The van der Waals surface area contributed by atoms with E-state index < -0.39 is 0 Å². The van der Waals surface area contributed by atoms with E-state index in [1.807, 2.05) is 23.1 Å². The molecule has 0 unspecified atom stereocenters. The molecule has 0 spiro atoms. The summed E-state index contributed by atoms with van der Waals surface area (Å²) in [5.74, 6) is 1.96. The van der Waals surface area contributed by atoms with Crippen LogP contribution in [0.5, 0.6) is 5.75 Å². The average Bonchev–Trinajstić information content (AvgIpc) is 3.21. The van der Waals surface area contributed by atoms with E-state index in [0.717, 1.165) is 89.1 Å². The molecule has 2 N–H and O–H groups in total. The van der Waals surface area contributed by atoms with Gasteiger partial charge in [0.05, 0.1) is 19.8 Å². The third-order valence-corrected chi connectivity index (χ3v) is 5.56. The minimum atomic E-state index is 0. The standard InChI is InChI=1S/C23H37N5O3.HI/c1-2-24-23(25-10-6-12-28-11-5-9-22(28)29)26-19-20-7-3-4-8-21(20)31-18-15-27-13-16-30-17-14-27;/h3-4,7-8H,2,5-6,9-19H2,1H3,(H2,24,25,26);1H. The molecule has 180 valence electrons. The normalized spacial score (nSPS) is 17.2. The van der Waals surface area contributed by atoms with E-state index in [1.165, 1.54) is 0 Å². The van der Waals surface area contributed by atoms with Crippen molar-refractivity contribution in [2.75, 3.05) is 65.6 Å². The minimum absolute atomic E-state index is 0. The number of benzene rings is 1. The first kappa shape index (κ1) is 26.7. The largest absolute Gasteiger partial charge is 0.492 e. The Labute approximate surface area is 209 Å². The number of ether oxygens (including phenoxy) is 2. The SMILES string of the molecule is CCNC(=NCc1ccccc1OCCN1CCOCC1)NCCCN1CCCC1=O.I. The summed E-state index contributed by atoms with van der Waals surface area (Å²) in [6.07, 6.45) is 2.60. The van der Waals surface area contributed by atoms with Crippen molar-refractivity contribution in [3.05, 3.63) is 29.8 Å². The van der Waals surface area contributed by atoms with Gasteiger partial charge < -0.3 is 25.0 Å². The third-order valence-electron chi connectivity index (χ3n) is 5.56. The highest BCUT2D eigenvalue weighted by Gasteiger charge is 2.19. The smallest absolute Gasteiger partial charge is 0.222 e. The van der Waals surface area contributed by atoms with E-state index in [-0.39, 0.29) is 29.9 Å². The van der Waals surface area contributed by atoms with Crippen molar-refractivity contribution >= 4 is 35.8 Å². The zero-order valence-corrected chi connectivity index (χ0v) is 21.5. The van der Waals surface area contributed by atoms with Crippen LogP contribution in [0.4, 0.5) is 0 Å². The highest BCUT2D eigenvalue weighted by atomic mass is 127. The monoisotopic (exact) mass is 559 g/mol. The van der Waals surface area contributed by atoms with Gasteiger partial charge in [-0.25, -0.2) is 4.99 Å². The number of aliphatic imine (C=N–C) groups is 1. The Morgan fingerprint density at radius 3 is 2.72 bits per heavy atom. The molecule has 0 atom stereocenters. The van der Waals surface area contributed by atoms with Crippen LogP contribution in [-0.4, -0.2) is 87.3 Å². The Bertz CT molecular complexity index is 713. The summed E-state index contributed by atoms with van der Waals surface area (Å²) in [7, 11) is 0. The molecule has 0 bridgehead atoms. The van der Waals surface area contributed by atoms with Crippen molar-refractivity contribution < 1.29 is 14.3 Å². The van der Waals surface area contributed by atoms with Crippen molar-refractivity contribution in [1.29, 1.82) is 0 Å². The van der Waals surface area contributed by atoms with Crippen LogP contribution in [0.2, 0.25) is 0 Å². The van der Waals surface area contributed by atoms with Gasteiger partial charge in [-0.2, -0.15) is 0 Å². The fraction of sp³-hybridized carbons (Fsp3) is 0.652. The molecule has 1 aromatic carbocycles. The minimum Gasteiger partial charge on any atom is -0.492 e. The summed E-state index contributed by atoms with van der Waals surface area (Å²) >= 11 is 0. The molecular weight excluding hydrogens is 521 g/mol. The lowest BCUT2D eigenvalue weighted by Crippen LogP contribution is -2.39. The molecule has 0 radical (unpaired) electrons. The van der Waals surface area contributed by atoms with Crippen molar-refractivity contribution in [3.63, 3.8) is 0 Å². The van der Waals surface area contributed by atoms with E-state index in [0.29, 0.717) is 19.6 Å². The van der Waals surface area contributed by atoms with Gasteiger partial charge >= 0.3 is 0 Å². The zero-order valence-electron chi connectivity index (χ0n) is 19.2. The van der Waals surface area contributed by atoms with Crippen molar-refractivity contribution in [2.24, 2.45) is 4.99 Å². The molecule has 2 saturated heterocycles. The second kappa shape index (κ2) is 15.3. The van der Waals surface area contributed by atoms with Crippen molar-refractivity contribution in [2.45, 2.75) is 32.7 Å². The predicted octanol–water partition coefficient (Wildman–Crippen LogP) is 2.08. The number of amides is 1. The quantitative estimate of drug-likeness (QED) is 0.187. The number of rotatable bonds is 11. The Balaban J connectivity index is 0.00000363. The number of morpholine rings is 1. The van der Waals surface area contributed by atoms with Crippen LogP contribution < -0.4 is 15.4 Å². The summed E-state index contributed by atoms with van der Waals surface area (Å²) in [6.45, 7) is 11.0. The number of carbonyl (C=O) groups is 1. The van der Waals surface area contributed by atoms with Crippen LogP contribution in [0.1, 0.15) is 31.7 Å². The molecule has 1 aromatic rings. The van der Waals surface area contributed by atoms with E-state index in [9.17, 15) is 4.79 Å². The second-order valence-electron chi connectivity index (χ2n) is 7.87. The molecule has 32 heavy (non-hydrogen) atoms. The fourth-order valence-corrected chi connectivity index (χ4v) is 3.81. The van der Waals surface area contributed by atoms with Gasteiger partial charge in [-0.15, -0.1) is 24.0 Å². The van der Waals surface area contributed by atoms with E-state index in [2.05, 4.69) is 28.5 Å². The molecule has 9 heteroatoms. The molecule has 2 aliphatic rings. The molecular formula is C23H38IN5O3. The summed E-state index contributed by atoms with van der Waals surface area (Å²) in [5.41, 5.74) is 1.07. The van der Waals surface area contributed by atoms with Gasteiger partial charge in [-0.05, 0) is 25.8 Å². The first-order valence-corrected chi connectivity index (χ1v) is 11.6. The topological polar surface area (TPSA) is 78.4 Å². The highest BCUT2D eigenvalue weighted by Crippen LogP contribution is 2.19. The molecule has 0 aromatic heterocycles. The summed E-state index contributed by atoms with van der Waals surface area (Å²) < 4.78 is 11.5. The maximum absolute atomic E-state index is 11.7. The van der Waals surface area contributed by atoms with Gasteiger partial charge in [0.2, 0.25) is 5.91 Å². The molecule has 8 nitrogen and oxygen atoms in total. The molecule has 1 amide bonds. The van der Waals surface area contributed by atoms with Gasteiger partial charge in [-0.1, -0.05) is 18.2 Å². The number of nitrogens with one attached hydrogen (secondary N) is 2. The maximum atomic E-state index is 11.7. The van der Waals surface area contributed by atoms with Crippen LogP contribution >= 0.6 is 24.0 Å². The lowest BCUT2D eigenvalue weighted by atomic mass is 10.2. The zero-order chi connectivity index (χ0) is 21.7. The first-order chi connectivity index (χ1) is 15.3. The summed E-state index contributed by atoms with van der Waals surface area (Å²) in [4.78, 5) is 20.8. The third kappa shape index (κ3) is 9.11. The molecule has 2 heterocycles. The second-order valence-corrected chi connectivity index (χ2v) is 7.87. The van der Waals surface area contributed by atoms with Crippen LogP contribution in [-0.2, 0) is 16.1 Å². The number of halogens is 1. The van der Waals surface area contributed by atoms with Gasteiger partial charge in [0.1, 0.15) is 12.4 Å². The van der Waals surface area contributed by atoms with E-state index in [4.69, 9.17) is 14.5 Å². The number of para-hydroxylation sites is 1. The lowest BCUT2D eigenvalue weighted by molar-refractivity contribution is -0.127. The predicted molar refractivity (Wildman–Crippen MR) is 138 cm³/mol.